The van der Waals surface area contributed by atoms with E-state index >= 15 is 0 Å². The Kier molecular flexibility index (Phi) is 6.36. The molecule has 2 amide bonds. The largest absolute Gasteiger partial charge is 0.338 e. The molecule has 1 aromatic carbocycles. The Labute approximate surface area is 165 Å². The van der Waals surface area contributed by atoms with Gasteiger partial charge in [0.15, 0.2) is 5.11 Å². The maximum atomic E-state index is 13.6. The second-order valence-corrected chi connectivity index (χ2v) is 7.45. The monoisotopic (exact) mass is 406 g/mol. The number of anilines is 1. The predicted octanol–water partition coefficient (Wildman–Crippen LogP) is 2.76. The highest BCUT2D eigenvalue weighted by atomic mass is 32.1. The van der Waals surface area contributed by atoms with Crippen LogP contribution in [0.2, 0.25) is 0 Å². The third-order valence-corrected chi connectivity index (χ3v) is 5.37. The summed E-state index contributed by atoms with van der Waals surface area (Å²) in [5.74, 6) is -0.829. The summed E-state index contributed by atoms with van der Waals surface area (Å²) in [7, 11) is 0. The molecule has 1 aromatic heterocycles. The molecule has 0 atom stereocenters. The standard InChI is InChI=1S/C18H19FN4O2S2/c19-13-4-1-2-5-14(13)20-18(26)22-21-16(24)12-7-9-23(10-8-12)17(25)15-6-3-11-27-15/h1-6,11-12H,7-10H2,(H,21,24)(H2,20,22,26). The Balaban J connectivity index is 1.42. The average Bonchev–Trinajstić information content (AvgIpc) is 3.22. The molecule has 0 bridgehead atoms. The van der Waals surface area contributed by atoms with Gasteiger partial charge in [-0.15, -0.1) is 11.3 Å². The van der Waals surface area contributed by atoms with Crippen LogP contribution >= 0.6 is 23.6 Å². The molecule has 0 unspecified atom stereocenters. The lowest BCUT2D eigenvalue weighted by atomic mass is 9.96. The van der Waals surface area contributed by atoms with E-state index in [1.165, 1.54) is 17.4 Å². The van der Waals surface area contributed by atoms with Crippen molar-refractivity contribution in [1.29, 1.82) is 0 Å². The van der Waals surface area contributed by atoms with Crippen molar-refractivity contribution in [1.82, 2.24) is 15.8 Å². The fourth-order valence-electron chi connectivity index (χ4n) is 2.84. The molecular weight excluding hydrogens is 387 g/mol. The first-order valence-electron chi connectivity index (χ1n) is 8.49. The number of rotatable bonds is 3. The van der Waals surface area contributed by atoms with Crippen molar-refractivity contribution in [2.45, 2.75) is 12.8 Å². The zero-order valence-electron chi connectivity index (χ0n) is 14.4. The maximum absolute atomic E-state index is 13.6. The number of benzene rings is 1. The van der Waals surface area contributed by atoms with Crippen molar-refractivity contribution >= 4 is 46.2 Å². The third kappa shape index (κ3) is 5.01. The molecular formula is C18H19FN4O2S2. The van der Waals surface area contributed by atoms with Crippen LogP contribution in [0.3, 0.4) is 0 Å². The van der Waals surface area contributed by atoms with Crippen LogP contribution in [-0.2, 0) is 4.79 Å². The van der Waals surface area contributed by atoms with Crippen molar-refractivity contribution in [3.63, 3.8) is 0 Å². The van der Waals surface area contributed by atoms with Crippen LogP contribution < -0.4 is 16.2 Å². The molecule has 3 rings (SSSR count). The van der Waals surface area contributed by atoms with Gasteiger partial charge in [0.05, 0.1) is 10.6 Å². The number of carbonyl (C=O) groups excluding carboxylic acids is 2. The van der Waals surface area contributed by atoms with Gasteiger partial charge in [-0.05, 0) is 48.6 Å². The maximum Gasteiger partial charge on any atom is 0.263 e. The number of hydrogen-bond donors (Lipinski definition) is 3. The van der Waals surface area contributed by atoms with Gasteiger partial charge in [0.2, 0.25) is 5.91 Å². The van der Waals surface area contributed by atoms with Crippen molar-refractivity contribution < 1.29 is 14.0 Å². The Morgan fingerprint density at radius 1 is 1.11 bits per heavy atom. The molecule has 0 aliphatic carbocycles. The molecule has 27 heavy (non-hydrogen) atoms. The lowest BCUT2D eigenvalue weighted by Gasteiger charge is -2.31. The highest BCUT2D eigenvalue weighted by Crippen LogP contribution is 2.20. The second kappa shape index (κ2) is 8.92. The number of nitrogens with one attached hydrogen (secondary N) is 3. The lowest BCUT2D eigenvalue weighted by Crippen LogP contribution is -2.49. The van der Waals surface area contributed by atoms with E-state index in [-0.39, 0.29) is 28.5 Å². The number of nitrogens with zero attached hydrogens (tertiary/aromatic N) is 1. The van der Waals surface area contributed by atoms with Gasteiger partial charge in [-0.25, -0.2) is 4.39 Å². The smallest absolute Gasteiger partial charge is 0.263 e. The van der Waals surface area contributed by atoms with E-state index in [2.05, 4.69) is 16.2 Å². The SMILES string of the molecule is O=C(NNC(=S)Nc1ccccc1F)C1CCN(C(=O)c2cccs2)CC1. The van der Waals surface area contributed by atoms with E-state index in [1.54, 1.807) is 29.2 Å². The second-order valence-electron chi connectivity index (χ2n) is 6.09. The summed E-state index contributed by atoms with van der Waals surface area (Å²) >= 11 is 6.47. The van der Waals surface area contributed by atoms with Crippen LogP contribution in [0.1, 0.15) is 22.5 Å². The Morgan fingerprint density at radius 2 is 1.85 bits per heavy atom. The number of thiocarbonyl (C=S) groups is 1. The first kappa shape index (κ1) is 19.2. The average molecular weight is 407 g/mol. The van der Waals surface area contributed by atoms with Gasteiger partial charge in [0.25, 0.3) is 5.91 Å². The molecule has 9 heteroatoms. The quantitative estimate of drug-likeness (QED) is 0.540. The number of thiophene rings is 1. The molecule has 142 valence electrons. The third-order valence-electron chi connectivity index (χ3n) is 4.31. The number of amides is 2. The van der Waals surface area contributed by atoms with Gasteiger partial charge in [0.1, 0.15) is 5.82 Å². The molecule has 0 saturated carbocycles. The van der Waals surface area contributed by atoms with E-state index in [0.717, 1.165) is 0 Å². The van der Waals surface area contributed by atoms with Crippen LogP contribution in [-0.4, -0.2) is 34.9 Å². The molecule has 2 aromatic rings. The van der Waals surface area contributed by atoms with Gasteiger partial charge < -0.3 is 10.2 Å². The Hall–Kier alpha value is -2.52. The van der Waals surface area contributed by atoms with Crippen molar-refractivity contribution in [3.8, 4) is 0 Å². The summed E-state index contributed by atoms with van der Waals surface area (Å²) < 4.78 is 13.6. The van der Waals surface area contributed by atoms with E-state index in [1.807, 2.05) is 11.4 Å². The van der Waals surface area contributed by atoms with Crippen LogP contribution in [0.15, 0.2) is 41.8 Å². The number of likely N-dealkylation sites (tertiary alicyclic amines) is 1. The minimum atomic E-state index is -0.434. The minimum Gasteiger partial charge on any atom is -0.338 e. The molecule has 0 spiro atoms. The summed E-state index contributed by atoms with van der Waals surface area (Å²) in [4.78, 5) is 27.1. The predicted molar refractivity (Wildman–Crippen MR) is 107 cm³/mol. The summed E-state index contributed by atoms with van der Waals surface area (Å²) in [6.07, 6.45) is 1.16. The van der Waals surface area contributed by atoms with Crippen molar-refractivity contribution in [3.05, 3.63) is 52.5 Å². The fraction of sp³-hybridized carbons (Fsp3) is 0.278. The lowest BCUT2D eigenvalue weighted by molar-refractivity contribution is -0.126. The van der Waals surface area contributed by atoms with E-state index in [4.69, 9.17) is 12.2 Å². The van der Waals surface area contributed by atoms with Gasteiger partial charge in [0, 0.05) is 19.0 Å². The van der Waals surface area contributed by atoms with Crippen LogP contribution in [0.4, 0.5) is 10.1 Å². The minimum absolute atomic E-state index is 0.0113. The Morgan fingerprint density at radius 3 is 2.52 bits per heavy atom. The fourth-order valence-corrected chi connectivity index (χ4v) is 3.69. The van der Waals surface area contributed by atoms with Crippen molar-refractivity contribution in [2.24, 2.45) is 5.92 Å². The molecule has 1 aliphatic rings. The summed E-state index contributed by atoms with van der Waals surface area (Å²) in [5.41, 5.74) is 5.36. The van der Waals surface area contributed by atoms with E-state index < -0.39 is 5.82 Å². The summed E-state index contributed by atoms with van der Waals surface area (Å²) in [5, 5.41) is 4.65. The number of para-hydroxylation sites is 1. The first-order valence-corrected chi connectivity index (χ1v) is 9.77. The zero-order chi connectivity index (χ0) is 19.2. The molecule has 1 fully saturated rings. The van der Waals surface area contributed by atoms with Gasteiger partial charge >= 0.3 is 0 Å². The normalized spacial score (nSPS) is 14.5. The molecule has 2 heterocycles. The van der Waals surface area contributed by atoms with Crippen LogP contribution in [0.25, 0.3) is 0 Å². The molecule has 1 saturated heterocycles. The number of piperidine rings is 1. The number of carbonyl (C=O) groups is 2. The number of hydrogen-bond acceptors (Lipinski definition) is 4. The number of halogens is 1. The highest BCUT2D eigenvalue weighted by Gasteiger charge is 2.28. The summed E-state index contributed by atoms with van der Waals surface area (Å²) in [6.45, 7) is 1.07. The Bertz CT molecular complexity index is 821. The van der Waals surface area contributed by atoms with Crippen molar-refractivity contribution in [2.75, 3.05) is 18.4 Å². The molecule has 0 radical (unpaired) electrons. The van der Waals surface area contributed by atoms with Gasteiger partial charge in [-0.1, -0.05) is 18.2 Å². The van der Waals surface area contributed by atoms with Gasteiger partial charge in [-0.2, -0.15) is 0 Å². The van der Waals surface area contributed by atoms with E-state index in [0.29, 0.717) is 30.8 Å². The topological polar surface area (TPSA) is 73.5 Å². The summed E-state index contributed by atoms with van der Waals surface area (Å²) in [6, 6.07) is 9.77. The van der Waals surface area contributed by atoms with Crippen LogP contribution in [0, 0.1) is 11.7 Å². The zero-order valence-corrected chi connectivity index (χ0v) is 16.0. The number of hydrazine groups is 1. The highest BCUT2D eigenvalue weighted by molar-refractivity contribution is 7.80. The molecule has 3 N–H and O–H groups in total. The van der Waals surface area contributed by atoms with Gasteiger partial charge in [-0.3, -0.25) is 20.4 Å². The van der Waals surface area contributed by atoms with E-state index in [9.17, 15) is 14.0 Å². The first-order chi connectivity index (χ1) is 13.0. The molecule has 1 aliphatic heterocycles. The van der Waals surface area contributed by atoms with Crippen LogP contribution in [0.5, 0.6) is 0 Å². The molecule has 6 nitrogen and oxygen atoms in total.